The number of H-pyrrole nitrogens is 1. The molecule has 4 rings (SSSR count). The standard InChI is InChI=1S/C19H25N3O2S/c1-11(12-7-8-12)22(2)16(23)10-9-15-20-18(24)17-13-5-3-4-6-14(13)25-19(17)21-15/h11-12H,3-10H2,1-2H3,(H,20,21,24). The Hall–Kier alpha value is -1.69. The molecule has 0 spiro atoms. The van der Waals surface area contributed by atoms with Crippen molar-refractivity contribution >= 4 is 27.5 Å². The lowest BCUT2D eigenvalue weighted by atomic mass is 9.97. The molecular weight excluding hydrogens is 334 g/mol. The second-order valence-electron chi connectivity index (χ2n) is 7.49. The Labute approximate surface area is 151 Å². The molecule has 5 nitrogen and oxygen atoms in total. The molecule has 0 saturated heterocycles. The molecule has 25 heavy (non-hydrogen) atoms. The molecule has 1 saturated carbocycles. The zero-order valence-electron chi connectivity index (χ0n) is 14.9. The second-order valence-corrected chi connectivity index (χ2v) is 8.57. The van der Waals surface area contributed by atoms with Crippen molar-refractivity contribution in [3.05, 3.63) is 26.6 Å². The SMILES string of the molecule is CC(C1CC1)N(C)C(=O)CCc1nc2sc3c(c2c(=O)[nH]1)CCCC3. The van der Waals surface area contributed by atoms with Crippen LogP contribution in [0.1, 0.15) is 55.3 Å². The summed E-state index contributed by atoms with van der Waals surface area (Å²) in [5, 5.41) is 0.786. The minimum Gasteiger partial charge on any atom is -0.343 e. The molecule has 0 bridgehead atoms. The van der Waals surface area contributed by atoms with Gasteiger partial charge >= 0.3 is 0 Å². The summed E-state index contributed by atoms with van der Waals surface area (Å²) in [6.45, 7) is 2.12. The summed E-state index contributed by atoms with van der Waals surface area (Å²) >= 11 is 1.66. The summed E-state index contributed by atoms with van der Waals surface area (Å²) in [6.07, 6.45) is 7.75. The third-order valence-electron chi connectivity index (χ3n) is 5.76. The normalized spacial score (nSPS) is 18.2. The second kappa shape index (κ2) is 6.56. The fourth-order valence-electron chi connectivity index (χ4n) is 3.85. The largest absolute Gasteiger partial charge is 0.343 e. The third-order valence-corrected chi connectivity index (χ3v) is 6.94. The molecule has 6 heteroatoms. The van der Waals surface area contributed by atoms with E-state index in [2.05, 4.69) is 16.9 Å². The van der Waals surface area contributed by atoms with Gasteiger partial charge in [-0.1, -0.05) is 0 Å². The number of aromatic amines is 1. The van der Waals surface area contributed by atoms with E-state index < -0.39 is 0 Å². The number of rotatable bonds is 5. The number of carbonyl (C=O) groups excluding carboxylic acids is 1. The molecule has 2 aromatic rings. The number of fused-ring (bicyclic) bond motifs is 3. The van der Waals surface area contributed by atoms with Gasteiger partial charge < -0.3 is 9.88 Å². The van der Waals surface area contributed by atoms with E-state index in [0.717, 1.165) is 29.5 Å². The molecule has 1 N–H and O–H groups in total. The highest BCUT2D eigenvalue weighted by Crippen LogP contribution is 2.35. The van der Waals surface area contributed by atoms with Crippen molar-refractivity contribution in [2.24, 2.45) is 5.92 Å². The topological polar surface area (TPSA) is 66.1 Å². The molecule has 1 fully saturated rings. The molecule has 0 aromatic carbocycles. The van der Waals surface area contributed by atoms with Gasteiger partial charge in [0.15, 0.2) is 0 Å². The number of nitrogens with one attached hydrogen (secondary N) is 1. The highest BCUT2D eigenvalue weighted by molar-refractivity contribution is 7.18. The van der Waals surface area contributed by atoms with Crippen molar-refractivity contribution in [3.63, 3.8) is 0 Å². The fraction of sp³-hybridized carbons (Fsp3) is 0.632. The van der Waals surface area contributed by atoms with Crippen molar-refractivity contribution in [2.45, 2.75) is 64.3 Å². The number of nitrogens with zero attached hydrogens (tertiary/aromatic N) is 2. The maximum atomic E-state index is 12.5. The average molecular weight is 359 g/mol. The van der Waals surface area contributed by atoms with Crippen molar-refractivity contribution < 1.29 is 4.79 Å². The first kappa shape index (κ1) is 16.8. The Balaban J connectivity index is 1.50. The van der Waals surface area contributed by atoms with Crippen LogP contribution in [0.4, 0.5) is 0 Å². The van der Waals surface area contributed by atoms with Gasteiger partial charge in [0.05, 0.1) is 5.39 Å². The summed E-state index contributed by atoms with van der Waals surface area (Å²) in [5.74, 6) is 1.44. The predicted octanol–water partition coefficient (Wildman–Crippen LogP) is 3.05. The summed E-state index contributed by atoms with van der Waals surface area (Å²) in [7, 11) is 1.89. The number of aromatic nitrogens is 2. The van der Waals surface area contributed by atoms with Crippen LogP contribution in [0.15, 0.2) is 4.79 Å². The molecule has 0 aliphatic heterocycles. The van der Waals surface area contributed by atoms with Crippen LogP contribution in [0, 0.1) is 5.92 Å². The van der Waals surface area contributed by atoms with E-state index in [4.69, 9.17) is 0 Å². The number of carbonyl (C=O) groups is 1. The minimum atomic E-state index is -0.0356. The Morgan fingerprint density at radius 1 is 1.36 bits per heavy atom. The molecule has 2 aliphatic carbocycles. The molecule has 1 atom stereocenters. The molecule has 2 aromatic heterocycles. The Kier molecular flexibility index (Phi) is 4.40. The zero-order valence-corrected chi connectivity index (χ0v) is 15.7. The summed E-state index contributed by atoms with van der Waals surface area (Å²) in [6, 6.07) is 0.311. The number of aryl methyl sites for hydroxylation is 3. The van der Waals surface area contributed by atoms with Crippen LogP contribution in [-0.2, 0) is 24.1 Å². The first-order valence-corrected chi connectivity index (χ1v) is 10.2. The smallest absolute Gasteiger partial charge is 0.259 e. The molecule has 2 heterocycles. The lowest BCUT2D eigenvalue weighted by Crippen LogP contribution is -2.36. The summed E-state index contributed by atoms with van der Waals surface area (Å²) in [5.41, 5.74) is 1.17. The highest BCUT2D eigenvalue weighted by atomic mass is 32.1. The quantitative estimate of drug-likeness (QED) is 0.892. The van der Waals surface area contributed by atoms with E-state index in [-0.39, 0.29) is 11.5 Å². The van der Waals surface area contributed by atoms with Crippen LogP contribution >= 0.6 is 11.3 Å². The van der Waals surface area contributed by atoms with E-state index in [1.54, 1.807) is 11.3 Å². The van der Waals surface area contributed by atoms with E-state index in [9.17, 15) is 9.59 Å². The van der Waals surface area contributed by atoms with Gasteiger partial charge in [0, 0.05) is 30.8 Å². The summed E-state index contributed by atoms with van der Waals surface area (Å²) < 4.78 is 0. The lowest BCUT2D eigenvalue weighted by molar-refractivity contribution is -0.132. The number of hydrogen-bond acceptors (Lipinski definition) is 4. The van der Waals surface area contributed by atoms with Gasteiger partial charge in [-0.2, -0.15) is 0 Å². The number of hydrogen-bond donors (Lipinski definition) is 1. The van der Waals surface area contributed by atoms with Crippen molar-refractivity contribution in [3.8, 4) is 0 Å². The van der Waals surface area contributed by atoms with Gasteiger partial charge in [-0.05, 0) is 56.9 Å². The Morgan fingerprint density at radius 3 is 2.88 bits per heavy atom. The lowest BCUT2D eigenvalue weighted by Gasteiger charge is -2.24. The van der Waals surface area contributed by atoms with Gasteiger partial charge in [0.2, 0.25) is 5.91 Å². The molecule has 2 aliphatic rings. The van der Waals surface area contributed by atoms with E-state index in [1.807, 2.05) is 11.9 Å². The predicted molar refractivity (Wildman–Crippen MR) is 100 cm³/mol. The third kappa shape index (κ3) is 3.24. The Bertz CT molecular complexity index is 865. The minimum absolute atomic E-state index is 0.0356. The molecule has 0 radical (unpaired) electrons. The van der Waals surface area contributed by atoms with Crippen LogP contribution in [0.25, 0.3) is 10.2 Å². The Morgan fingerprint density at radius 2 is 2.12 bits per heavy atom. The van der Waals surface area contributed by atoms with Crippen LogP contribution in [-0.4, -0.2) is 33.9 Å². The van der Waals surface area contributed by atoms with Gasteiger partial charge in [-0.25, -0.2) is 4.98 Å². The highest BCUT2D eigenvalue weighted by Gasteiger charge is 2.32. The average Bonchev–Trinajstić information content (AvgIpc) is 3.38. The van der Waals surface area contributed by atoms with Gasteiger partial charge in [-0.15, -0.1) is 11.3 Å². The van der Waals surface area contributed by atoms with Gasteiger partial charge in [-0.3, -0.25) is 9.59 Å². The first-order chi connectivity index (χ1) is 12.0. The first-order valence-electron chi connectivity index (χ1n) is 9.33. The van der Waals surface area contributed by atoms with Crippen molar-refractivity contribution in [2.75, 3.05) is 7.05 Å². The molecular formula is C19H25N3O2S. The van der Waals surface area contributed by atoms with Gasteiger partial charge in [0.25, 0.3) is 5.56 Å². The zero-order chi connectivity index (χ0) is 17.6. The van der Waals surface area contributed by atoms with Crippen LogP contribution < -0.4 is 5.56 Å². The van der Waals surface area contributed by atoms with Crippen LogP contribution in [0.5, 0.6) is 0 Å². The van der Waals surface area contributed by atoms with Crippen molar-refractivity contribution in [1.29, 1.82) is 0 Å². The molecule has 1 unspecified atom stereocenters. The van der Waals surface area contributed by atoms with E-state index in [0.29, 0.717) is 30.6 Å². The fourth-order valence-corrected chi connectivity index (χ4v) is 5.13. The maximum Gasteiger partial charge on any atom is 0.259 e. The number of amides is 1. The monoisotopic (exact) mass is 359 g/mol. The summed E-state index contributed by atoms with van der Waals surface area (Å²) in [4.78, 5) is 36.5. The number of thiophene rings is 1. The van der Waals surface area contributed by atoms with E-state index >= 15 is 0 Å². The van der Waals surface area contributed by atoms with Crippen LogP contribution in [0.2, 0.25) is 0 Å². The maximum absolute atomic E-state index is 12.5. The molecule has 134 valence electrons. The van der Waals surface area contributed by atoms with Gasteiger partial charge in [0.1, 0.15) is 10.7 Å². The van der Waals surface area contributed by atoms with E-state index in [1.165, 1.54) is 29.7 Å². The van der Waals surface area contributed by atoms with Crippen LogP contribution in [0.3, 0.4) is 0 Å². The molecule has 1 amide bonds. The van der Waals surface area contributed by atoms with Crippen molar-refractivity contribution in [1.82, 2.24) is 14.9 Å².